The molecule has 0 bridgehead atoms. The average Bonchev–Trinajstić information content (AvgIpc) is 3.15. The summed E-state index contributed by atoms with van der Waals surface area (Å²) in [7, 11) is 0. The van der Waals surface area contributed by atoms with Crippen LogP contribution < -0.4 is 10.6 Å². The maximum atomic E-state index is 13.0. The molecular weight excluding hydrogens is 412 g/mol. The van der Waals surface area contributed by atoms with Crippen LogP contribution in [0.25, 0.3) is 0 Å². The molecule has 3 N–H and O–H groups in total. The van der Waals surface area contributed by atoms with Gasteiger partial charge in [0, 0.05) is 31.4 Å². The minimum Gasteiger partial charge on any atom is -0.481 e. The molecule has 4 heterocycles. The van der Waals surface area contributed by atoms with Crippen molar-refractivity contribution in [3.63, 3.8) is 0 Å². The SMILES string of the molecule is Nc1nccc(N2CCC(N3C(=O)OC4C(N5CCC(C(=O)O)CC5)CCCC43)CC2)n1. The van der Waals surface area contributed by atoms with Gasteiger partial charge in [0.05, 0.1) is 12.0 Å². The summed E-state index contributed by atoms with van der Waals surface area (Å²) >= 11 is 0. The van der Waals surface area contributed by atoms with E-state index < -0.39 is 5.97 Å². The van der Waals surface area contributed by atoms with E-state index >= 15 is 0 Å². The normalized spacial score (nSPS) is 30.2. The molecule has 3 aliphatic heterocycles. The van der Waals surface area contributed by atoms with Crippen molar-refractivity contribution in [2.75, 3.05) is 36.8 Å². The number of carboxylic acids is 1. The molecule has 3 unspecified atom stereocenters. The number of nitrogens with two attached hydrogens (primary N) is 1. The fourth-order valence-electron chi connectivity index (χ4n) is 6.09. The number of carboxylic acid groups (broad SMARTS) is 1. The molecule has 1 aromatic heterocycles. The Labute approximate surface area is 187 Å². The standard InChI is InChI=1S/C22H32N6O4/c23-21-24-9-4-18(25-21)27-12-7-15(8-13-27)28-17-3-1-2-16(19(17)32-22(28)31)26-10-5-14(6-11-26)20(29)30/h4,9,14-17,19H,1-3,5-8,10-13H2,(H,29,30)(H2,23,24,25). The maximum Gasteiger partial charge on any atom is 0.410 e. The lowest BCUT2D eigenvalue weighted by Crippen LogP contribution is -2.56. The molecule has 1 amide bonds. The number of amides is 1. The zero-order valence-corrected chi connectivity index (χ0v) is 18.3. The van der Waals surface area contributed by atoms with Crippen LogP contribution in [-0.2, 0) is 9.53 Å². The van der Waals surface area contributed by atoms with Gasteiger partial charge in [0.2, 0.25) is 5.95 Å². The first kappa shape index (κ1) is 21.2. The smallest absolute Gasteiger partial charge is 0.410 e. The minimum absolute atomic E-state index is 0.114. The van der Waals surface area contributed by atoms with Crippen LogP contribution >= 0.6 is 0 Å². The fraction of sp³-hybridized carbons (Fsp3) is 0.727. The highest BCUT2D eigenvalue weighted by Gasteiger charge is 2.51. The number of nitrogen functional groups attached to an aromatic ring is 1. The Bertz CT molecular complexity index is 853. The number of carbonyl (C=O) groups excluding carboxylic acids is 1. The number of hydrogen-bond donors (Lipinski definition) is 2. The van der Waals surface area contributed by atoms with E-state index in [0.29, 0.717) is 12.8 Å². The lowest BCUT2D eigenvalue weighted by Gasteiger charge is -2.44. The van der Waals surface area contributed by atoms with Crippen molar-refractivity contribution < 1.29 is 19.4 Å². The zero-order chi connectivity index (χ0) is 22.2. The second-order valence-electron chi connectivity index (χ2n) is 9.46. The molecule has 3 atom stereocenters. The second kappa shape index (κ2) is 8.73. The van der Waals surface area contributed by atoms with E-state index in [9.17, 15) is 14.7 Å². The summed E-state index contributed by atoms with van der Waals surface area (Å²) in [5.41, 5.74) is 5.73. The predicted molar refractivity (Wildman–Crippen MR) is 117 cm³/mol. The van der Waals surface area contributed by atoms with Gasteiger partial charge >= 0.3 is 12.1 Å². The predicted octanol–water partition coefficient (Wildman–Crippen LogP) is 1.57. The molecule has 32 heavy (non-hydrogen) atoms. The summed E-state index contributed by atoms with van der Waals surface area (Å²) in [5, 5.41) is 9.29. The third-order valence-corrected chi connectivity index (χ3v) is 7.75. The summed E-state index contributed by atoms with van der Waals surface area (Å²) in [6.07, 6.45) is 7.52. The molecule has 3 saturated heterocycles. The number of piperidine rings is 2. The molecule has 10 nitrogen and oxygen atoms in total. The van der Waals surface area contributed by atoms with Gasteiger partial charge in [0.15, 0.2) is 0 Å². The number of carbonyl (C=O) groups is 2. The van der Waals surface area contributed by atoms with E-state index in [1.54, 1.807) is 6.20 Å². The van der Waals surface area contributed by atoms with Crippen LogP contribution in [0.1, 0.15) is 44.9 Å². The van der Waals surface area contributed by atoms with Gasteiger partial charge in [0.1, 0.15) is 11.9 Å². The van der Waals surface area contributed by atoms with Crippen LogP contribution in [0.4, 0.5) is 16.6 Å². The van der Waals surface area contributed by atoms with Crippen LogP contribution in [0.5, 0.6) is 0 Å². The van der Waals surface area contributed by atoms with E-state index in [1.807, 2.05) is 11.0 Å². The highest BCUT2D eigenvalue weighted by atomic mass is 16.6. The maximum absolute atomic E-state index is 13.0. The molecule has 1 aliphatic carbocycles. The third-order valence-electron chi connectivity index (χ3n) is 7.75. The minimum atomic E-state index is -0.694. The monoisotopic (exact) mass is 444 g/mol. The number of fused-ring (bicyclic) bond motifs is 1. The van der Waals surface area contributed by atoms with Crippen molar-refractivity contribution in [1.82, 2.24) is 19.8 Å². The number of aliphatic carboxylic acids is 1. The van der Waals surface area contributed by atoms with Gasteiger partial charge in [-0.25, -0.2) is 9.78 Å². The Morgan fingerprint density at radius 2 is 1.78 bits per heavy atom. The molecule has 1 saturated carbocycles. The van der Waals surface area contributed by atoms with Gasteiger partial charge in [-0.3, -0.25) is 14.6 Å². The number of anilines is 2. The molecule has 174 valence electrons. The highest BCUT2D eigenvalue weighted by Crippen LogP contribution is 2.38. The van der Waals surface area contributed by atoms with Crippen LogP contribution in [0.2, 0.25) is 0 Å². The van der Waals surface area contributed by atoms with Gasteiger partial charge in [0.25, 0.3) is 0 Å². The van der Waals surface area contributed by atoms with Crippen LogP contribution in [0.3, 0.4) is 0 Å². The van der Waals surface area contributed by atoms with Crippen molar-refractivity contribution in [2.24, 2.45) is 5.92 Å². The summed E-state index contributed by atoms with van der Waals surface area (Å²) in [5.74, 6) is 0.167. The molecule has 4 aliphatic rings. The molecule has 0 spiro atoms. The van der Waals surface area contributed by atoms with Crippen molar-refractivity contribution in [1.29, 1.82) is 0 Å². The largest absolute Gasteiger partial charge is 0.481 e. The molecular formula is C22H32N6O4. The Morgan fingerprint density at radius 3 is 2.47 bits per heavy atom. The first-order valence-electron chi connectivity index (χ1n) is 11.8. The molecule has 1 aromatic rings. The number of hydrogen-bond acceptors (Lipinski definition) is 8. The van der Waals surface area contributed by atoms with Crippen LogP contribution in [0.15, 0.2) is 12.3 Å². The van der Waals surface area contributed by atoms with E-state index in [4.69, 9.17) is 10.5 Å². The Kier molecular flexibility index (Phi) is 5.79. The van der Waals surface area contributed by atoms with Gasteiger partial charge in [-0.1, -0.05) is 0 Å². The van der Waals surface area contributed by atoms with Gasteiger partial charge in [-0.15, -0.1) is 0 Å². The summed E-state index contributed by atoms with van der Waals surface area (Å²) < 4.78 is 5.98. The van der Waals surface area contributed by atoms with Gasteiger partial charge in [-0.2, -0.15) is 4.98 Å². The molecule has 0 aromatic carbocycles. The van der Waals surface area contributed by atoms with Gasteiger partial charge < -0.3 is 20.5 Å². The summed E-state index contributed by atoms with van der Waals surface area (Å²) in [4.78, 5) is 39.1. The van der Waals surface area contributed by atoms with E-state index in [1.165, 1.54) is 0 Å². The van der Waals surface area contributed by atoms with Crippen LogP contribution in [0, 0.1) is 5.92 Å². The Hall–Kier alpha value is -2.62. The lowest BCUT2D eigenvalue weighted by atomic mass is 9.84. The number of nitrogens with zero attached hydrogens (tertiary/aromatic N) is 5. The zero-order valence-electron chi connectivity index (χ0n) is 18.3. The molecule has 5 rings (SSSR count). The molecule has 0 radical (unpaired) electrons. The molecule has 10 heteroatoms. The van der Waals surface area contributed by atoms with Crippen molar-refractivity contribution in [3.8, 4) is 0 Å². The molecule has 4 fully saturated rings. The van der Waals surface area contributed by atoms with E-state index in [2.05, 4.69) is 19.8 Å². The topological polar surface area (TPSA) is 125 Å². The van der Waals surface area contributed by atoms with E-state index in [-0.39, 0.29) is 42.2 Å². The second-order valence-corrected chi connectivity index (χ2v) is 9.46. The fourth-order valence-corrected chi connectivity index (χ4v) is 6.09. The first-order chi connectivity index (χ1) is 15.5. The average molecular weight is 445 g/mol. The number of aromatic nitrogens is 2. The van der Waals surface area contributed by atoms with Crippen molar-refractivity contribution >= 4 is 23.8 Å². The summed E-state index contributed by atoms with van der Waals surface area (Å²) in [6, 6.07) is 2.35. The number of likely N-dealkylation sites (tertiary alicyclic amines) is 1. The summed E-state index contributed by atoms with van der Waals surface area (Å²) in [6.45, 7) is 3.16. The van der Waals surface area contributed by atoms with Crippen molar-refractivity contribution in [2.45, 2.75) is 69.2 Å². The number of rotatable bonds is 4. The Balaban J connectivity index is 1.22. The Morgan fingerprint density at radius 1 is 1.06 bits per heavy atom. The lowest BCUT2D eigenvalue weighted by molar-refractivity contribution is -0.143. The van der Waals surface area contributed by atoms with Gasteiger partial charge in [-0.05, 0) is 64.1 Å². The highest BCUT2D eigenvalue weighted by molar-refractivity contribution is 5.71. The van der Waals surface area contributed by atoms with E-state index in [0.717, 1.165) is 64.1 Å². The third kappa shape index (κ3) is 3.96. The quantitative estimate of drug-likeness (QED) is 0.712. The van der Waals surface area contributed by atoms with Crippen LogP contribution in [-0.4, -0.2) is 87.3 Å². The first-order valence-corrected chi connectivity index (χ1v) is 11.8. The van der Waals surface area contributed by atoms with Crippen molar-refractivity contribution in [3.05, 3.63) is 12.3 Å². The number of ether oxygens (including phenoxy) is 1.